The minimum absolute atomic E-state index is 0.476. The SMILES string of the molecule is C1CCC(N2CCO[C@H]3CNC[C@H]32)C1. The Labute approximate surface area is 85.8 Å². The quantitative estimate of drug-likeness (QED) is 0.665. The summed E-state index contributed by atoms with van der Waals surface area (Å²) in [6.45, 7) is 4.31. The van der Waals surface area contributed by atoms with E-state index in [0.717, 1.165) is 32.3 Å². The Kier molecular flexibility index (Phi) is 2.48. The fourth-order valence-electron chi connectivity index (χ4n) is 3.31. The van der Waals surface area contributed by atoms with Crippen LogP contribution in [0.5, 0.6) is 0 Å². The molecule has 14 heavy (non-hydrogen) atoms. The van der Waals surface area contributed by atoms with Gasteiger partial charge in [-0.1, -0.05) is 12.8 Å². The molecule has 0 aromatic rings. The number of nitrogens with zero attached hydrogens (tertiary/aromatic N) is 1. The molecule has 1 aliphatic carbocycles. The van der Waals surface area contributed by atoms with E-state index in [9.17, 15) is 0 Å². The fourth-order valence-corrected chi connectivity index (χ4v) is 3.31. The molecule has 0 aromatic carbocycles. The maximum Gasteiger partial charge on any atom is 0.0867 e. The summed E-state index contributed by atoms with van der Waals surface area (Å²) >= 11 is 0. The smallest absolute Gasteiger partial charge is 0.0867 e. The summed E-state index contributed by atoms with van der Waals surface area (Å²) in [5.74, 6) is 0. The van der Waals surface area contributed by atoms with E-state index in [4.69, 9.17) is 4.74 Å². The molecule has 3 nitrogen and oxygen atoms in total. The highest BCUT2D eigenvalue weighted by Gasteiger charge is 2.39. The summed E-state index contributed by atoms with van der Waals surface area (Å²) in [4.78, 5) is 2.72. The van der Waals surface area contributed by atoms with Crippen molar-refractivity contribution in [3.63, 3.8) is 0 Å². The zero-order chi connectivity index (χ0) is 9.38. The Morgan fingerprint density at radius 2 is 2.00 bits per heavy atom. The van der Waals surface area contributed by atoms with E-state index in [0.29, 0.717) is 12.1 Å². The maximum absolute atomic E-state index is 5.79. The predicted octanol–water partition coefficient (Wildman–Crippen LogP) is 0.602. The molecule has 0 unspecified atom stereocenters. The van der Waals surface area contributed by atoms with Crippen LogP contribution in [0.4, 0.5) is 0 Å². The Morgan fingerprint density at radius 1 is 1.14 bits per heavy atom. The number of rotatable bonds is 1. The topological polar surface area (TPSA) is 24.5 Å². The second-order valence-electron chi connectivity index (χ2n) is 4.81. The lowest BCUT2D eigenvalue weighted by Gasteiger charge is -2.40. The van der Waals surface area contributed by atoms with Gasteiger partial charge in [0.05, 0.1) is 12.7 Å². The molecule has 2 aliphatic heterocycles. The molecule has 1 saturated carbocycles. The standard InChI is InChI=1S/C11H20N2O/c1-2-4-9(3-1)13-5-6-14-11-8-12-7-10(11)13/h9-12H,1-8H2/t10-,11+/m1/s1. The van der Waals surface area contributed by atoms with Gasteiger partial charge in [-0.2, -0.15) is 0 Å². The third kappa shape index (κ3) is 1.47. The van der Waals surface area contributed by atoms with Gasteiger partial charge in [-0.05, 0) is 12.8 Å². The van der Waals surface area contributed by atoms with Crippen LogP contribution in [0.15, 0.2) is 0 Å². The minimum Gasteiger partial charge on any atom is -0.374 e. The Morgan fingerprint density at radius 3 is 2.86 bits per heavy atom. The molecular weight excluding hydrogens is 176 g/mol. The summed E-state index contributed by atoms with van der Waals surface area (Å²) < 4.78 is 5.79. The Balaban J connectivity index is 1.70. The molecule has 2 saturated heterocycles. The Hall–Kier alpha value is -0.120. The molecule has 3 fully saturated rings. The molecule has 0 radical (unpaired) electrons. The number of hydrogen-bond acceptors (Lipinski definition) is 3. The van der Waals surface area contributed by atoms with Crippen LogP contribution in [-0.4, -0.2) is 49.3 Å². The molecule has 3 aliphatic rings. The first kappa shape index (κ1) is 9.13. The van der Waals surface area contributed by atoms with Crippen LogP contribution in [0.1, 0.15) is 25.7 Å². The van der Waals surface area contributed by atoms with E-state index in [1.807, 2.05) is 0 Å². The lowest BCUT2D eigenvalue weighted by atomic mass is 10.1. The van der Waals surface area contributed by atoms with Gasteiger partial charge in [0, 0.05) is 31.7 Å². The second-order valence-corrected chi connectivity index (χ2v) is 4.81. The lowest BCUT2D eigenvalue weighted by molar-refractivity contribution is -0.0622. The van der Waals surface area contributed by atoms with Crippen molar-refractivity contribution < 1.29 is 4.74 Å². The van der Waals surface area contributed by atoms with E-state index in [1.54, 1.807) is 0 Å². The zero-order valence-corrected chi connectivity index (χ0v) is 8.74. The van der Waals surface area contributed by atoms with Crippen molar-refractivity contribution in [2.75, 3.05) is 26.2 Å². The normalized spacial score (nSPS) is 40.3. The van der Waals surface area contributed by atoms with Crippen LogP contribution < -0.4 is 5.32 Å². The number of ether oxygens (including phenoxy) is 1. The van der Waals surface area contributed by atoms with Crippen LogP contribution in [0.2, 0.25) is 0 Å². The third-order valence-electron chi connectivity index (χ3n) is 4.03. The van der Waals surface area contributed by atoms with Gasteiger partial charge < -0.3 is 10.1 Å². The summed E-state index contributed by atoms with van der Waals surface area (Å²) in [7, 11) is 0. The van der Waals surface area contributed by atoms with Gasteiger partial charge in [0.25, 0.3) is 0 Å². The van der Waals surface area contributed by atoms with Crippen molar-refractivity contribution >= 4 is 0 Å². The molecule has 3 rings (SSSR count). The van der Waals surface area contributed by atoms with Gasteiger partial charge in [-0.15, -0.1) is 0 Å². The molecule has 1 N–H and O–H groups in total. The van der Waals surface area contributed by atoms with E-state index in [2.05, 4.69) is 10.2 Å². The number of nitrogens with one attached hydrogen (secondary N) is 1. The molecule has 3 heteroatoms. The highest BCUT2D eigenvalue weighted by Crippen LogP contribution is 2.29. The van der Waals surface area contributed by atoms with Crippen LogP contribution in [-0.2, 0) is 4.74 Å². The van der Waals surface area contributed by atoms with Crippen molar-refractivity contribution in [1.82, 2.24) is 10.2 Å². The summed E-state index contributed by atoms with van der Waals surface area (Å²) in [5, 5.41) is 3.45. The van der Waals surface area contributed by atoms with Crippen LogP contribution in [0.3, 0.4) is 0 Å². The largest absolute Gasteiger partial charge is 0.374 e. The van der Waals surface area contributed by atoms with Crippen molar-refractivity contribution in [3.8, 4) is 0 Å². The minimum atomic E-state index is 0.476. The third-order valence-corrected chi connectivity index (χ3v) is 4.03. The molecule has 0 amide bonds. The first-order valence-corrected chi connectivity index (χ1v) is 6.03. The van der Waals surface area contributed by atoms with Gasteiger partial charge in [-0.25, -0.2) is 0 Å². The second kappa shape index (κ2) is 3.80. The molecule has 0 bridgehead atoms. The molecule has 0 spiro atoms. The van der Waals surface area contributed by atoms with Crippen molar-refractivity contribution in [3.05, 3.63) is 0 Å². The average molecular weight is 196 g/mol. The van der Waals surface area contributed by atoms with Crippen LogP contribution >= 0.6 is 0 Å². The number of fused-ring (bicyclic) bond motifs is 1. The average Bonchev–Trinajstić information content (AvgIpc) is 2.88. The van der Waals surface area contributed by atoms with E-state index >= 15 is 0 Å². The molecule has 2 atom stereocenters. The Bertz CT molecular complexity index is 203. The van der Waals surface area contributed by atoms with Crippen molar-refractivity contribution in [1.29, 1.82) is 0 Å². The number of morpholine rings is 1. The predicted molar refractivity (Wildman–Crippen MR) is 55.4 cm³/mol. The van der Waals surface area contributed by atoms with Gasteiger partial charge in [0.2, 0.25) is 0 Å². The highest BCUT2D eigenvalue weighted by atomic mass is 16.5. The van der Waals surface area contributed by atoms with Crippen molar-refractivity contribution in [2.24, 2.45) is 0 Å². The van der Waals surface area contributed by atoms with Crippen molar-refractivity contribution in [2.45, 2.75) is 43.9 Å². The highest BCUT2D eigenvalue weighted by molar-refractivity contribution is 4.95. The maximum atomic E-state index is 5.79. The van der Waals surface area contributed by atoms with Gasteiger partial charge in [0.1, 0.15) is 0 Å². The molecule has 2 heterocycles. The molecule has 80 valence electrons. The summed E-state index contributed by atoms with van der Waals surface area (Å²) in [6, 6.07) is 1.54. The van der Waals surface area contributed by atoms with E-state index < -0.39 is 0 Å². The molecule has 0 aromatic heterocycles. The van der Waals surface area contributed by atoms with Gasteiger partial charge in [0.15, 0.2) is 0 Å². The van der Waals surface area contributed by atoms with Crippen LogP contribution in [0, 0.1) is 0 Å². The van der Waals surface area contributed by atoms with Crippen LogP contribution in [0.25, 0.3) is 0 Å². The van der Waals surface area contributed by atoms with Gasteiger partial charge in [-0.3, -0.25) is 4.90 Å². The number of hydrogen-bond donors (Lipinski definition) is 1. The zero-order valence-electron chi connectivity index (χ0n) is 8.74. The van der Waals surface area contributed by atoms with E-state index in [-0.39, 0.29) is 0 Å². The first-order chi connectivity index (χ1) is 6.95. The fraction of sp³-hybridized carbons (Fsp3) is 1.00. The van der Waals surface area contributed by atoms with Gasteiger partial charge >= 0.3 is 0 Å². The molecular formula is C11H20N2O. The summed E-state index contributed by atoms with van der Waals surface area (Å²) in [6.07, 6.45) is 6.19. The lowest BCUT2D eigenvalue weighted by Crippen LogP contribution is -2.54. The first-order valence-electron chi connectivity index (χ1n) is 6.03. The summed E-state index contributed by atoms with van der Waals surface area (Å²) in [5.41, 5.74) is 0. The monoisotopic (exact) mass is 196 g/mol. The van der Waals surface area contributed by atoms with E-state index in [1.165, 1.54) is 25.7 Å².